The molecule has 0 bridgehead atoms. The quantitative estimate of drug-likeness (QED) is 0.817. The van der Waals surface area contributed by atoms with E-state index in [0.717, 1.165) is 45.6 Å². The Labute approximate surface area is 147 Å². The highest BCUT2D eigenvalue weighted by molar-refractivity contribution is 6.33. The molecule has 0 aliphatic carbocycles. The first-order valence-electron chi connectivity index (χ1n) is 9.03. The number of carbonyl (C=O) groups excluding carboxylic acids is 1. The van der Waals surface area contributed by atoms with Crippen molar-refractivity contribution in [3.63, 3.8) is 0 Å². The van der Waals surface area contributed by atoms with Crippen molar-refractivity contribution in [3.8, 4) is 0 Å². The van der Waals surface area contributed by atoms with E-state index in [4.69, 9.17) is 11.6 Å². The predicted molar refractivity (Wildman–Crippen MR) is 93.6 cm³/mol. The van der Waals surface area contributed by atoms with E-state index in [2.05, 4.69) is 19.8 Å². The molecule has 4 heterocycles. The molecule has 3 aliphatic rings. The van der Waals surface area contributed by atoms with Gasteiger partial charge in [0.15, 0.2) is 5.69 Å². The third-order valence-corrected chi connectivity index (χ3v) is 5.72. The number of hydrogen-bond donors (Lipinski definition) is 0. The Hall–Kier alpha value is -1.40. The summed E-state index contributed by atoms with van der Waals surface area (Å²) in [6, 6.07) is 0.495. The van der Waals surface area contributed by atoms with E-state index < -0.39 is 0 Å². The van der Waals surface area contributed by atoms with Gasteiger partial charge < -0.3 is 9.80 Å². The molecule has 3 aliphatic heterocycles. The zero-order valence-electron chi connectivity index (χ0n) is 14.0. The largest absolute Gasteiger partial charge is 0.341 e. The average Bonchev–Trinajstić information content (AvgIpc) is 3.16. The van der Waals surface area contributed by atoms with E-state index in [9.17, 15) is 4.79 Å². The lowest BCUT2D eigenvalue weighted by Crippen LogP contribution is -2.56. The number of rotatable bonds is 2. The standard InChI is InChI=1S/C17H24ClN5O/c18-14-11-19-17(22-7-3-4-8-22)20-15(14)16(24)23-10-9-21-6-2-1-5-13(21)12-23/h11,13H,1-10,12H2. The normalized spacial score (nSPS) is 25.0. The van der Waals surface area contributed by atoms with Crippen LogP contribution in [0.3, 0.4) is 0 Å². The minimum absolute atomic E-state index is 0.0481. The lowest BCUT2D eigenvalue weighted by atomic mass is 9.99. The zero-order chi connectivity index (χ0) is 16.5. The molecule has 1 atom stereocenters. The molecule has 6 nitrogen and oxygen atoms in total. The van der Waals surface area contributed by atoms with Crippen LogP contribution in [0.4, 0.5) is 5.95 Å². The molecule has 130 valence electrons. The number of anilines is 1. The van der Waals surface area contributed by atoms with Crippen LogP contribution >= 0.6 is 11.6 Å². The van der Waals surface area contributed by atoms with Crippen LogP contribution in [-0.4, -0.2) is 71.0 Å². The molecule has 1 aromatic heterocycles. The Kier molecular flexibility index (Phi) is 4.59. The van der Waals surface area contributed by atoms with Crippen molar-refractivity contribution in [2.45, 2.75) is 38.1 Å². The number of piperazine rings is 1. The number of amides is 1. The maximum absolute atomic E-state index is 13.0. The van der Waals surface area contributed by atoms with Crippen LogP contribution in [0.15, 0.2) is 6.20 Å². The topological polar surface area (TPSA) is 52.6 Å². The first kappa shape index (κ1) is 16.1. The number of halogens is 1. The predicted octanol–water partition coefficient (Wildman–Crippen LogP) is 2.04. The monoisotopic (exact) mass is 349 g/mol. The number of piperidine rings is 1. The average molecular weight is 350 g/mol. The molecule has 1 amide bonds. The number of aromatic nitrogens is 2. The number of hydrogen-bond acceptors (Lipinski definition) is 5. The molecule has 1 unspecified atom stereocenters. The van der Waals surface area contributed by atoms with Gasteiger partial charge in [-0.1, -0.05) is 18.0 Å². The highest BCUT2D eigenvalue weighted by Gasteiger charge is 2.32. The Balaban J connectivity index is 1.52. The Morgan fingerprint density at radius 3 is 2.71 bits per heavy atom. The van der Waals surface area contributed by atoms with E-state index in [1.54, 1.807) is 6.20 Å². The van der Waals surface area contributed by atoms with Crippen LogP contribution < -0.4 is 4.90 Å². The molecule has 0 N–H and O–H groups in total. The van der Waals surface area contributed by atoms with E-state index in [-0.39, 0.29) is 5.91 Å². The third-order valence-electron chi connectivity index (χ3n) is 5.45. The van der Waals surface area contributed by atoms with Crippen LogP contribution in [0, 0.1) is 0 Å². The maximum Gasteiger partial charge on any atom is 0.274 e. The summed E-state index contributed by atoms with van der Waals surface area (Å²) in [7, 11) is 0. The van der Waals surface area contributed by atoms with Crippen LogP contribution in [0.5, 0.6) is 0 Å². The van der Waals surface area contributed by atoms with Gasteiger partial charge in [-0.05, 0) is 32.2 Å². The first-order valence-corrected chi connectivity index (χ1v) is 9.41. The Morgan fingerprint density at radius 2 is 1.88 bits per heavy atom. The van der Waals surface area contributed by atoms with Crippen molar-refractivity contribution in [2.75, 3.05) is 44.2 Å². The summed E-state index contributed by atoms with van der Waals surface area (Å²) < 4.78 is 0. The second kappa shape index (κ2) is 6.84. The van der Waals surface area contributed by atoms with E-state index in [1.165, 1.54) is 25.8 Å². The minimum Gasteiger partial charge on any atom is -0.341 e. The summed E-state index contributed by atoms with van der Waals surface area (Å²) in [5.41, 5.74) is 0.359. The van der Waals surface area contributed by atoms with Crippen molar-refractivity contribution in [3.05, 3.63) is 16.9 Å². The lowest BCUT2D eigenvalue weighted by molar-refractivity contribution is 0.0368. The van der Waals surface area contributed by atoms with Crippen LogP contribution in [-0.2, 0) is 0 Å². The van der Waals surface area contributed by atoms with Crippen molar-refractivity contribution in [1.29, 1.82) is 0 Å². The summed E-state index contributed by atoms with van der Waals surface area (Å²) in [5, 5.41) is 0.356. The van der Waals surface area contributed by atoms with Gasteiger partial charge in [0.2, 0.25) is 5.95 Å². The SMILES string of the molecule is O=C(c1nc(N2CCCC2)ncc1Cl)N1CCN2CCCCC2C1. The molecule has 1 aromatic rings. The van der Waals surface area contributed by atoms with Gasteiger partial charge >= 0.3 is 0 Å². The molecule has 7 heteroatoms. The van der Waals surface area contributed by atoms with Crippen LogP contribution in [0.1, 0.15) is 42.6 Å². The van der Waals surface area contributed by atoms with Gasteiger partial charge in [-0.25, -0.2) is 9.97 Å². The highest BCUT2D eigenvalue weighted by atomic mass is 35.5. The van der Waals surface area contributed by atoms with Crippen LogP contribution in [0.25, 0.3) is 0 Å². The van der Waals surface area contributed by atoms with Gasteiger partial charge in [0, 0.05) is 38.8 Å². The molecule has 0 radical (unpaired) electrons. The number of fused-ring (bicyclic) bond motifs is 1. The van der Waals surface area contributed by atoms with Crippen LogP contribution in [0.2, 0.25) is 5.02 Å². The number of nitrogens with zero attached hydrogens (tertiary/aromatic N) is 5. The Morgan fingerprint density at radius 1 is 1.08 bits per heavy atom. The fourth-order valence-electron chi connectivity index (χ4n) is 4.07. The lowest BCUT2D eigenvalue weighted by Gasteiger charge is -2.43. The molecule has 0 spiro atoms. The van der Waals surface area contributed by atoms with E-state index in [1.807, 2.05) is 4.90 Å². The second-order valence-corrected chi connectivity index (χ2v) is 7.40. The van der Waals surface area contributed by atoms with Gasteiger partial charge in [-0.3, -0.25) is 9.69 Å². The van der Waals surface area contributed by atoms with E-state index in [0.29, 0.717) is 22.7 Å². The summed E-state index contributed by atoms with van der Waals surface area (Å²) in [4.78, 5) is 28.4. The van der Waals surface area contributed by atoms with Gasteiger partial charge in [0.25, 0.3) is 5.91 Å². The van der Waals surface area contributed by atoms with Gasteiger partial charge in [-0.15, -0.1) is 0 Å². The molecular formula is C17H24ClN5O. The Bertz CT molecular complexity index is 619. The summed E-state index contributed by atoms with van der Waals surface area (Å²) in [6.07, 6.45) is 7.60. The summed E-state index contributed by atoms with van der Waals surface area (Å²) >= 11 is 6.25. The third kappa shape index (κ3) is 3.09. The fourth-order valence-corrected chi connectivity index (χ4v) is 4.24. The number of carbonyl (C=O) groups is 1. The highest BCUT2D eigenvalue weighted by Crippen LogP contribution is 2.25. The molecule has 3 saturated heterocycles. The summed E-state index contributed by atoms with van der Waals surface area (Å²) in [6.45, 7) is 5.58. The zero-order valence-corrected chi connectivity index (χ0v) is 14.7. The molecule has 0 aromatic carbocycles. The van der Waals surface area contributed by atoms with Gasteiger partial charge in [0.05, 0.1) is 11.2 Å². The molecule has 3 fully saturated rings. The molecule has 24 heavy (non-hydrogen) atoms. The minimum atomic E-state index is -0.0481. The molecule has 4 rings (SSSR count). The molecular weight excluding hydrogens is 326 g/mol. The van der Waals surface area contributed by atoms with Crippen molar-refractivity contribution < 1.29 is 4.79 Å². The fraction of sp³-hybridized carbons (Fsp3) is 0.706. The smallest absolute Gasteiger partial charge is 0.274 e. The summed E-state index contributed by atoms with van der Waals surface area (Å²) in [5.74, 6) is 0.588. The molecule has 0 saturated carbocycles. The first-order chi connectivity index (χ1) is 11.7. The van der Waals surface area contributed by atoms with Gasteiger partial charge in [-0.2, -0.15) is 0 Å². The van der Waals surface area contributed by atoms with Crippen molar-refractivity contribution in [2.24, 2.45) is 0 Å². The van der Waals surface area contributed by atoms with Crippen molar-refractivity contribution in [1.82, 2.24) is 19.8 Å². The van der Waals surface area contributed by atoms with E-state index >= 15 is 0 Å². The second-order valence-electron chi connectivity index (χ2n) is 7.00. The van der Waals surface area contributed by atoms with Crippen molar-refractivity contribution >= 4 is 23.5 Å². The van der Waals surface area contributed by atoms with Gasteiger partial charge in [0.1, 0.15) is 0 Å². The maximum atomic E-state index is 13.0.